The first-order chi connectivity index (χ1) is 38.3. The Hall–Kier alpha value is -4.92. The molecule has 12 heteroatoms. The molecule has 1 aliphatic rings. The van der Waals surface area contributed by atoms with Crippen LogP contribution in [-0.2, 0) is 39.9 Å². The van der Waals surface area contributed by atoms with Crippen molar-refractivity contribution in [2.24, 2.45) is 10.8 Å². The first-order valence-electron chi connectivity index (χ1n) is 27.3. The van der Waals surface area contributed by atoms with Crippen molar-refractivity contribution in [3.8, 4) is 17.2 Å². The predicted molar refractivity (Wildman–Crippen MR) is 361 cm³/mol. The second-order valence-electron chi connectivity index (χ2n) is 19.7. The lowest BCUT2D eigenvalue weighted by Gasteiger charge is -2.28. The van der Waals surface area contributed by atoms with E-state index < -0.39 is 9.84 Å². The minimum atomic E-state index is -2.67. The third kappa shape index (κ3) is 94.7. The van der Waals surface area contributed by atoms with E-state index in [0.717, 1.165) is 30.4 Å². The molecule has 0 unspecified atom stereocenters. The summed E-state index contributed by atoms with van der Waals surface area (Å²) in [6.07, 6.45) is 15.9. The standard InChI is InChI=1S/C15H16O2.C10H8.C8H16.C6H6O.C6H6.C5H12.C3H8.C2H6O2S.5C2H6O.C2H6S.C2H6/c1-16-14-7-3-12(4-8-14)11-13-5-9-15(17-2)10-6-13;1-2-6-10-8-4-3-7-9(10)5-1;1-8(2)6-4-3-5-7-8;7-6-4-2-1-3-5-6;1-2-4-6-5-3-1;1-5(2,3)4;1-3-2;1-5(2,3)4;6*1-3-2;1-2/h3-10H,11H2,1-2H3;1-8H;3-7H2,1-2H3;1-5,7H;1-6H;1-4H3;3H2,1-2H3;1-2H3;6*1-2H3;1-2H3. The van der Waals surface area contributed by atoms with Crippen molar-refractivity contribution < 1.29 is 46.7 Å². The lowest BCUT2D eigenvalue weighted by atomic mass is 9.78. The Labute approximate surface area is 504 Å². The van der Waals surface area contributed by atoms with Gasteiger partial charge in [0.25, 0.3) is 0 Å². The minimum absolute atomic E-state index is 0.322. The van der Waals surface area contributed by atoms with Crippen LogP contribution in [0.4, 0.5) is 0 Å². The van der Waals surface area contributed by atoms with Crippen LogP contribution < -0.4 is 9.47 Å². The van der Waals surface area contributed by atoms with E-state index in [0.29, 0.717) is 16.6 Å². The van der Waals surface area contributed by atoms with Gasteiger partial charge >= 0.3 is 0 Å². The topological polar surface area (TPSA) is 119 Å². The van der Waals surface area contributed by atoms with Crippen LogP contribution in [0.2, 0.25) is 0 Å². The Bertz CT molecular complexity index is 1950. The van der Waals surface area contributed by atoms with E-state index in [9.17, 15) is 8.42 Å². The van der Waals surface area contributed by atoms with Crippen molar-refractivity contribution in [1.29, 1.82) is 0 Å². The van der Waals surface area contributed by atoms with Crippen LogP contribution in [-0.4, -0.2) is 124 Å². The molecule has 0 radical (unpaired) electrons. The lowest BCUT2D eigenvalue weighted by molar-refractivity contribution is 0.244. The average molecular weight is 1170 g/mol. The van der Waals surface area contributed by atoms with Crippen LogP contribution in [0.1, 0.15) is 119 Å². The summed E-state index contributed by atoms with van der Waals surface area (Å²) in [5.41, 5.74) is 3.73. The van der Waals surface area contributed by atoms with E-state index in [1.807, 2.05) is 93.1 Å². The Morgan fingerprint density at radius 1 is 0.457 bits per heavy atom. The number of methoxy groups -OCH3 is 7. The number of aromatic hydroxyl groups is 1. The normalized spacial score (nSPS) is 10.5. The first kappa shape index (κ1) is 92.5. The lowest BCUT2D eigenvalue weighted by Crippen LogP contribution is -2.14. The van der Waals surface area contributed by atoms with Gasteiger partial charge in [0.1, 0.15) is 27.1 Å². The number of hydrogen-bond donors (Lipinski definition) is 1. The largest absolute Gasteiger partial charge is 0.508 e. The van der Waals surface area contributed by atoms with E-state index in [1.165, 1.54) is 60.4 Å². The SMILES string of the molecule is CC.CC(C)(C)C.CC1(C)CCCCC1.CCC.COC.COC.COC.COC.COC.COc1ccc(Cc2ccc(OC)cc2)cc1.CS(C)(=O)=O.CSC.Oc1ccccc1.c1ccc2ccccc2c1.c1ccccc1. The summed E-state index contributed by atoms with van der Waals surface area (Å²) in [6, 6.07) is 53.7. The third-order valence-corrected chi connectivity index (χ3v) is 8.02. The van der Waals surface area contributed by atoms with Gasteiger partial charge in [0.15, 0.2) is 0 Å². The summed E-state index contributed by atoms with van der Waals surface area (Å²) in [4.78, 5) is 0. The molecular formula is C69H120O10S2. The van der Waals surface area contributed by atoms with Crippen molar-refractivity contribution >= 4 is 32.4 Å². The molecule has 1 fully saturated rings. The second kappa shape index (κ2) is 71.2. The fraction of sp³-hybridized carbons (Fsp3) is 0.507. The molecule has 1 N–H and O–H groups in total. The fourth-order valence-corrected chi connectivity index (χ4v) is 5.18. The molecule has 0 aromatic heterocycles. The Morgan fingerprint density at radius 3 is 0.815 bits per heavy atom. The minimum Gasteiger partial charge on any atom is -0.508 e. The van der Waals surface area contributed by atoms with Gasteiger partial charge in [0.2, 0.25) is 0 Å². The number of hydrogen-bond acceptors (Lipinski definition) is 11. The number of phenols is 1. The molecule has 7 rings (SSSR count). The second-order valence-corrected chi connectivity index (χ2v) is 22.8. The maximum Gasteiger partial charge on any atom is 0.144 e. The van der Waals surface area contributed by atoms with Gasteiger partial charge < -0.3 is 38.3 Å². The van der Waals surface area contributed by atoms with Gasteiger partial charge in [-0.25, -0.2) is 8.42 Å². The molecule has 6 aromatic carbocycles. The Morgan fingerprint density at radius 2 is 0.654 bits per heavy atom. The van der Waals surface area contributed by atoms with Gasteiger partial charge in [0.05, 0.1) is 14.2 Å². The molecule has 0 bridgehead atoms. The van der Waals surface area contributed by atoms with E-state index in [1.54, 1.807) is 121 Å². The van der Waals surface area contributed by atoms with Gasteiger partial charge in [-0.05, 0) is 101 Å². The van der Waals surface area contributed by atoms with Gasteiger partial charge in [-0.2, -0.15) is 11.8 Å². The quantitative estimate of drug-likeness (QED) is 0.182. The zero-order valence-corrected chi connectivity index (χ0v) is 57.6. The smallest absolute Gasteiger partial charge is 0.144 e. The van der Waals surface area contributed by atoms with Crippen LogP contribution in [0.3, 0.4) is 0 Å². The van der Waals surface area contributed by atoms with Crippen LogP contribution in [0.15, 0.2) is 164 Å². The first-order valence-corrected chi connectivity index (χ1v) is 31.2. The summed E-state index contributed by atoms with van der Waals surface area (Å²) in [6.45, 7) is 21.8. The van der Waals surface area contributed by atoms with Crippen molar-refractivity contribution in [2.75, 3.05) is 110 Å². The van der Waals surface area contributed by atoms with E-state index >= 15 is 0 Å². The van der Waals surface area contributed by atoms with Crippen molar-refractivity contribution in [1.82, 2.24) is 0 Å². The molecule has 0 heterocycles. The molecule has 0 amide bonds. The van der Waals surface area contributed by atoms with E-state index in [2.05, 4.69) is 152 Å². The maximum absolute atomic E-state index is 9.63. The maximum atomic E-state index is 9.63. The van der Waals surface area contributed by atoms with E-state index in [-0.39, 0.29) is 0 Å². The van der Waals surface area contributed by atoms with Crippen molar-refractivity contribution in [3.05, 3.63) is 175 Å². The number of para-hydroxylation sites is 1. The summed E-state index contributed by atoms with van der Waals surface area (Å²) in [5, 5.41) is 11.3. The highest BCUT2D eigenvalue weighted by Gasteiger charge is 2.20. The molecule has 0 spiro atoms. The summed E-state index contributed by atoms with van der Waals surface area (Å²) >= 11 is 1.75. The number of fused-ring (bicyclic) bond motifs is 1. The number of benzene rings is 6. The van der Waals surface area contributed by atoms with Gasteiger partial charge in [-0.1, -0.05) is 222 Å². The Kier molecular flexibility index (Phi) is 81.3. The van der Waals surface area contributed by atoms with Gasteiger partial charge in [0, 0.05) is 83.6 Å². The zero-order valence-electron chi connectivity index (χ0n) is 56.0. The molecule has 0 aliphatic heterocycles. The van der Waals surface area contributed by atoms with Crippen LogP contribution in [0, 0.1) is 10.8 Å². The molecule has 0 saturated heterocycles. The predicted octanol–water partition coefficient (Wildman–Crippen LogP) is 18.6. The van der Waals surface area contributed by atoms with Gasteiger partial charge in [-0.15, -0.1) is 0 Å². The number of thioether (sulfide) groups is 1. The highest BCUT2D eigenvalue weighted by molar-refractivity contribution is 7.97. The molecule has 1 saturated carbocycles. The van der Waals surface area contributed by atoms with Crippen LogP contribution >= 0.6 is 11.8 Å². The van der Waals surface area contributed by atoms with Crippen molar-refractivity contribution in [3.63, 3.8) is 0 Å². The number of phenolic OH excluding ortho intramolecular Hbond substituents is 1. The van der Waals surface area contributed by atoms with Crippen molar-refractivity contribution in [2.45, 2.75) is 114 Å². The van der Waals surface area contributed by atoms with Gasteiger partial charge in [-0.3, -0.25) is 0 Å². The molecule has 468 valence electrons. The number of sulfone groups is 1. The third-order valence-electron chi connectivity index (χ3n) is 8.02. The number of rotatable bonds is 4. The monoisotopic (exact) mass is 1170 g/mol. The van der Waals surface area contributed by atoms with Crippen LogP contribution in [0.25, 0.3) is 10.8 Å². The summed E-state index contributed by atoms with van der Waals surface area (Å²) in [7, 11) is 16.9. The molecule has 81 heavy (non-hydrogen) atoms. The van der Waals surface area contributed by atoms with Crippen LogP contribution in [0.5, 0.6) is 17.2 Å². The average Bonchev–Trinajstić information content (AvgIpc) is 3.42. The molecular weight excluding hydrogens is 1050 g/mol. The molecule has 6 aromatic rings. The fourth-order valence-electron chi connectivity index (χ4n) is 5.18. The summed E-state index contributed by atoms with van der Waals surface area (Å²) in [5.74, 6) is 2.11. The zero-order chi connectivity index (χ0) is 64.2. The molecule has 10 nitrogen and oxygen atoms in total. The van der Waals surface area contributed by atoms with E-state index in [4.69, 9.17) is 14.6 Å². The molecule has 0 atom stereocenters. The molecule has 1 aliphatic carbocycles. The summed E-state index contributed by atoms with van der Waals surface area (Å²) < 4.78 is 50.8. The Balaban J connectivity index is -0.000000124. The highest BCUT2D eigenvalue weighted by Crippen LogP contribution is 2.34. The highest BCUT2D eigenvalue weighted by atomic mass is 32.2. The number of ether oxygens (including phenoxy) is 7.